The van der Waals surface area contributed by atoms with Gasteiger partial charge in [0.15, 0.2) is 28.6 Å². The van der Waals surface area contributed by atoms with Crippen molar-refractivity contribution in [2.75, 3.05) is 6.61 Å². The van der Waals surface area contributed by atoms with Gasteiger partial charge in [-0.1, -0.05) is 50.7 Å². The summed E-state index contributed by atoms with van der Waals surface area (Å²) in [4.78, 5) is 25.7. The molecule has 6 rings (SSSR count). The van der Waals surface area contributed by atoms with E-state index in [-0.39, 0.29) is 18.1 Å². The van der Waals surface area contributed by atoms with E-state index in [1.54, 1.807) is 13.0 Å². The highest BCUT2D eigenvalue weighted by Gasteiger charge is 2.80. The Bertz CT molecular complexity index is 1060. The molecule has 0 bridgehead atoms. The van der Waals surface area contributed by atoms with Gasteiger partial charge in [-0.05, 0) is 63.5 Å². The van der Waals surface area contributed by atoms with E-state index >= 15 is 4.39 Å². The number of aliphatic hydroxyl groups excluding tert-OH is 2. The van der Waals surface area contributed by atoms with Gasteiger partial charge >= 0.3 is 0 Å². The minimum Gasteiger partial charge on any atom is -0.390 e. The molecule has 1 aliphatic heterocycles. The lowest BCUT2D eigenvalue weighted by Crippen LogP contribution is -2.70. The first-order valence-electron chi connectivity index (χ1n) is 14.3. The maximum Gasteiger partial charge on any atom is 0.193 e. The van der Waals surface area contributed by atoms with E-state index in [1.807, 2.05) is 13.8 Å². The number of ether oxygens (including phenoxy) is 2. The molecule has 9 atom stereocenters. The summed E-state index contributed by atoms with van der Waals surface area (Å²) in [5.41, 5.74) is -4.66. The summed E-state index contributed by atoms with van der Waals surface area (Å²) in [7, 11) is 0. The van der Waals surface area contributed by atoms with Crippen LogP contribution in [0.1, 0.15) is 85.0 Å². The first-order valence-corrected chi connectivity index (χ1v) is 14.3. The Kier molecular flexibility index (Phi) is 5.79. The van der Waals surface area contributed by atoms with Crippen LogP contribution in [0.25, 0.3) is 0 Å². The van der Waals surface area contributed by atoms with E-state index in [1.165, 1.54) is 31.4 Å². The molecular weight excluding hydrogens is 475 g/mol. The van der Waals surface area contributed by atoms with Crippen LogP contribution in [-0.4, -0.2) is 57.7 Å². The molecule has 2 N–H and O–H groups in total. The molecule has 1 unspecified atom stereocenters. The Balaban J connectivity index is 1.38. The average molecular weight is 517 g/mol. The van der Waals surface area contributed by atoms with Crippen molar-refractivity contribution in [3.05, 3.63) is 23.8 Å². The van der Waals surface area contributed by atoms with E-state index < -0.39 is 58.4 Å². The van der Waals surface area contributed by atoms with Crippen LogP contribution in [-0.2, 0) is 19.1 Å². The number of hydrogen-bond acceptors (Lipinski definition) is 6. The molecule has 4 saturated carbocycles. The summed E-state index contributed by atoms with van der Waals surface area (Å²) < 4.78 is 30.8. The molecule has 0 radical (unpaired) electrons. The number of rotatable bonds is 4. The Labute approximate surface area is 218 Å². The van der Waals surface area contributed by atoms with Crippen LogP contribution < -0.4 is 0 Å². The molecule has 204 valence electrons. The summed E-state index contributed by atoms with van der Waals surface area (Å²) in [6, 6.07) is 0. The molecule has 0 amide bonds. The third kappa shape index (κ3) is 3.23. The predicted octanol–water partition coefficient (Wildman–Crippen LogP) is 4.37. The van der Waals surface area contributed by atoms with E-state index in [0.717, 1.165) is 18.4 Å². The number of fused-ring (bicyclic) bond motifs is 7. The summed E-state index contributed by atoms with van der Waals surface area (Å²) in [6.07, 6.45) is 10.7. The van der Waals surface area contributed by atoms with E-state index in [9.17, 15) is 19.8 Å². The number of hydrogen-bond donors (Lipinski definition) is 2. The van der Waals surface area contributed by atoms with Gasteiger partial charge < -0.3 is 19.7 Å². The van der Waals surface area contributed by atoms with Crippen LogP contribution in [0.3, 0.4) is 0 Å². The van der Waals surface area contributed by atoms with Gasteiger partial charge in [0.1, 0.15) is 6.61 Å². The predicted molar refractivity (Wildman–Crippen MR) is 134 cm³/mol. The molecular formula is C30H41FO6. The first-order chi connectivity index (χ1) is 17.4. The maximum atomic E-state index is 17.4. The Morgan fingerprint density at radius 1 is 1.14 bits per heavy atom. The zero-order valence-electron chi connectivity index (χ0n) is 22.3. The molecule has 37 heavy (non-hydrogen) atoms. The largest absolute Gasteiger partial charge is 0.390 e. The number of allylic oxidation sites excluding steroid dienone is 4. The fourth-order valence-electron chi connectivity index (χ4n) is 9.84. The van der Waals surface area contributed by atoms with Gasteiger partial charge in [0.2, 0.25) is 0 Å². The van der Waals surface area contributed by atoms with Gasteiger partial charge in [-0.2, -0.15) is 0 Å². The topological polar surface area (TPSA) is 93.1 Å². The Morgan fingerprint density at radius 3 is 2.57 bits per heavy atom. The maximum absolute atomic E-state index is 17.4. The summed E-state index contributed by atoms with van der Waals surface area (Å²) in [5.74, 6) is -1.88. The van der Waals surface area contributed by atoms with E-state index in [2.05, 4.69) is 0 Å². The number of ketones is 2. The van der Waals surface area contributed by atoms with Crippen LogP contribution in [0, 0.1) is 28.6 Å². The Morgan fingerprint density at radius 2 is 1.86 bits per heavy atom. The van der Waals surface area contributed by atoms with E-state index in [4.69, 9.17) is 9.47 Å². The fraction of sp³-hybridized carbons (Fsp3) is 0.800. The summed E-state index contributed by atoms with van der Waals surface area (Å²) in [5, 5.41) is 21.8. The third-order valence-corrected chi connectivity index (χ3v) is 11.5. The van der Waals surface area contributed by atoms with Crippen molar-refractivity contribution >= 4 is 11.6 Å². The minimum atomic E-state index is -1.98. The van der Waals surface area contributed by atoms with Crippen molar-refractivity contribution in [3.63, 3.8) is 0 Å². The lowest BCUT2D eigenvalue weighted by atomic mass is 9.44. The monoisotopic (exact) mass is 516 g/mol. The van der Waals surface area contributed by atoms with Gasteiger partial charge in [-0.15, -0.1) is 0 Å². The van der Waals surface area contributed by atoms with Crippen molar-refractivity contribution in [3.8, 4) is 0 Å². The van der Waals surface area contributed by atoms with Crippen LogP contribution in [0.15, 0.2) is 23.8 Å². The average Bonchev–Trinajstić information content (AvgIpc) is 3.28. The molecule has 0 aromatic heterocycles. The quantitative estimate of drug-likeness (QED) is 0.577. The lowest BCUT2D eigenvalue weighted by Gasteiger charge is -2.62. The van der Waals surface area contributed by atoms with Gasteiger partial charge in [0, 0.05) is 23.2 Å². The van der Waals surface area contributed by atoms with E-state index in [0.29, 0.717) is 31.6 Å². The number of halogens is 1. The highest BCUT2D eigenvalue weighted by Crippen LogP contribution is 2.72. The normalized spacial score (nSPS) is 51.2. The van der Waals surface area contributed by atoms with Gasteiger partial charge in [-0.3, -0.25) is 9.59 Å². The number of carbonyl (C=O) groups excluding carboxylic acids is 2. The highest BCUT2D eigenvalue weighted by atomic mass is 19.1. The first kappa shape index (κ1) is 25.8. The number of aliphatic hydroxyl groups is 2. The van der Waals surface area contributed by atoms with Crippen LogP contribution >= 0.6 is 0 Å². The molecule has 5 fully saturated rings. The van der Waals surface area contributed by atoms with Crippen molar-refractivity contribution < 1.29 is 33.7 Å². The second-order valence-electron chi connectivity index (χ2n) is 13.4. The van der Waals surface area contributed by atoms with Crippen molar-refractivity contribution in [1.29, 1.82) is 0 Å². The summed E-state index contributed by atoms with van der Waals surface area (Å²) >= 11 is 0. The molecule has 6 nitrogen and oxygen atoms in total. The van der Waals surface area contributed by atoms with Crippen LogP contribution in [0.5, 0.6) is 0 Å². The summed E-state index contributed by atoms with van der Waals surface area (Å²) in [6.45, 7) is 4.96. The molecule has 0 spiro atoms. The molecule has 5 aliphatic carbocycles. The standard InChI is InChI=1S/C30H41FO6/c1-26-12-11-20(33)13-19(26)9-10-21-22-14-25-30(24(35)17-32,27(22,2)16-23(34)29(21,26)31)37-28(3,36-25)15-18-7-5-4-6-8-18/h11-13,18,21-23,25,32,34H,4-10,14-17H2,1-3H3/t21-,22-,23-,25+,26-,27-,28?,29-,30+/m0/s1. The lowest BCUT2D eigenvalue weighted by molar-refractivity contribution is -0.254. The zero-order valence-corrected chi connectivity index (χ0v) is 22.3. The highest BCUT2D eigenvalue weighted by molar-refractivity contribution is 6.01. The molecule has 6 aliphatic rings. The van der Waals surface area contributed by atoms with Gasteiger partial charge in [0.25, 0.3) is 0 Å². The zero-order chi connectivity index (χ0) is 26.4. The van der Waals surface area contributed by atoms with Crippen LogP contribution in [0.4, 0.5) is 4.39 Å². The number of Topliss-reactive ketones (excluding diaryl/α,β-unsaturated/α-hetero) is 1. The number of carbonyl (C=O) groups is 2. The second kappa shape index (κ2) is 8.30. The minimum absolute atomic E-state index is 0.0282. The van der Waals surface area contributed by atoms with Crippen LogP contribution in [0.2, 0.25) is 0 Å². The molecule has 0 aromatic rings. The molecule has 7 heteroatoms. The second-order valence-corrected chi connectivity index (χ2v) is 13.4. The van der Waals surface area contributed by atoms with Crippen molar-refractivity contribution in [2.24, 2.45) is 28.6 Å². The van der Waals surface area contributed by atoms with Crippen molar-refractivity contribution in [2.45, 2.75) is 114 Å². The molecule has 0 aromatic carbocycles. The third-order valence-electron chi connectivity index (χ3n) is 11.5. The molecule has 1 saturated heterocycles. The number of alkyl halides is 1. The SMILES string of the molecule is CC1(CC2CCCCC2)O[C@@H]2C[C@H]3[C@@H]4CCC5=CC(=O)C=C[C@]5(C)[C@@]4(F)[C@@H](O)C[C@]3(C)[C@]2(C(=O)CO)O1. The van der Waals surface area contributed by atoms with Gasteiger partial charge in [0.05, 0.1) is 12.2 Å². The smallest absolute Gasteiger partial charge is 0.193 e. The van der Waals surface area contributed by atoms with Gasteiger partial charge in [-0.25, -0.2) is 4.39 Å². The Hall–Kier alpha value is -1.41. The molecule has 1 heterocycles. The fourth-order valence-corrected chi connectivity index (χ4v) is 9.84. The van der Waals surface area contributed by atoms with Crippen molar-refractivity contribution in [1.82, 2.24) is 0 Å².